The van der Waals surface area contributed by atoms with Crippen molar-refractivity contribution in [3.8, 4) is 0 Å². The number of likely N-dealkylation sites (tertiary alicyclic amines) is 2. The fourth-order valence-electron chi connectivity index (χ4n) is 4.26. The molecule has 3 aliphatic rings. The Morgan fingerprint density at radius 3 is 1.83 bits per heavy atom. The summed E-state index contributed by atoms with van der Waals surface area (Å²) >= 11 is 0. The third-order valence-corrected chi connectivity index (χ3v) is 5.21. The fraction of sp³-hybridized carbons (Fsp3) is 0.867. The molecule has 0 saturated carbocycles. The summed E-state index contributed by atoms with van der Waals surface area (Å²) in [7, 11) is 0. The molecule has 2 amide bonds. The molecule has 3 rings (SSSR count). The number of rotatable bonds is 0. The van der Waals surface area contributed by atoms with Crippen molar-refractivity contribution in [1.82, 2.24) is 15.1 Å². The van der Waals surface area contributed by atoms with Gasteiger partial charge in [-0.05, 0) is 20.8 Å². The lowest BCUT2D eigenvalue weighted by Gasteiger charge is -2.29. The average Bonchev–Trinajstić information content (AvgIpc) is 2.92. The maximum Gasteiger partial charge on any atom is 0.471 e. The zero-order chi connectivity index (χ0) is 18.0. The van der Waals surface area contributed by atoms with Crippen LogP contribution in [-0.2, 0) is 9.53 Å². The molecule has 0 aromatic rings. The van der Waals surface area contributed by atoms with Gasteiger partial charge in [0.2, 0.25) is 0 Å². The maximum atomic E-state index is 12.7. The van der Waals surface area contributed by atoms with Crippen LogP contribution in [0.4, 0.5) is 18.0 Å². The van der Waals surface area contributed by atoms with E-state index in [1.54, 1.807) is 25.7 Å². The summed E-state index contributed by atoms with van der Waals surface area (Å²) in [6, 6.07) is 0. The predicted octanol–water partition coefficient (Wildman–Crippen LogP) is 1.22. The van der Waals surface area contributed by atoms with Gasteiger partial charge in [0.05, 0.1) is 0 Å². The molecule has 136 valence electrons. The Hall–Kier alpha value is -1.51. The van der Waals surface area contributed by atoms with Crippen LogP contribution in [0.1, 0.15) is 20.8 Å². The molecular weight excluding hydrogens is 327 g/mol. The Morgan fingerprint density at radius 1 is 0.958 bits per heavy atom. The molecule has 0 aromatic carbocycles. The summed E-state index contributed by atoms with van der Waals surface area (Å²) in [5, 5.41) is 3.22. The molecule has 0 aliphatic carbocycles. The number of amides is 2. The summed E-state index contributed by atoms with van der Waals surface area (Å²) < 4.78 is 43.6. The van der Waals surface area contributed by atoms with Crippen molar-refractivity contribution >= 4 is 12.0 Å². The summed E-state index contributed by atoms with van der Waals surface area (Å²) in [5.74, 6) is -1.79. The molecule has 0 unspecified atom stereocenters. The van der Waals surface area contributed by atoms with Crippen molar-refractivity contribution in [2.45, 2.75) is 32.5 Å². The first-order valence-corrected chi connectivity index (χ1v) is 7.92. The molecular formula is C15H22F3N3O3. The molecule has 6 nitrogen and oxygen atoms in total. The fourth-order valence-corrected chi connectivity index (χ4v) is 4.26. The minimum Gasteiger partial charge on any atom is -0.444 e. The number of hydrogen-bond acceptors (Lipinski definition) is 4. The molecule has 0 bridgehead atoms. The molecule has 0 radical (unpaired) electrons. The Morgan fingerprint density at radius 2 is 1.42 bits per heavy atom. The molecule has 2 atom stereocenters. The van der Waals surface area contributed by atoms with Crippen LogP contribution in [0.25, 0.3) is 0 Å². The molecule has 1 N–H and O–H groups in total. The summed E-state index contributed by atoms with van der Waals surface area (Å²) in [5.41, 5.74) is -1.70. The zero-order valence-electron chi connectivity index (χ0n) is 14.0. The number of hydrogen-bond donors (Lipinski definition) is 1. The van der Waals surface area contributed by atoms with Gasteiger partial charge < -0.3 is 19.9 Å². The van der Waals surface area contributed by atoms with Gasteiger partial charge in [0.25, 0.3) is 0 Å². The predicted molar refractivity (Wildman–Crippen MR) is 78.2 cm³/mol. The van der Waals surface area contributed by atoms with E-state index in [2.05, 4.69) is 5.32 Å². The maximum absolute atomic E-state index is 12.7. The van der Waals surface area contributed by atoms with E-state index in [1.807, 2.05) is 0 Å². The van der Waals surface area contributed by atoms with E-state index in [4.69, 9.17) is 4.74 Å². The van der Waals surface area contributed by atoms with E-state index < -0.39 is 34.6 Å². The highest BCUT2D eigenvalue weighted by Crippen LogP contribution is 2.54. The van der Waals surface area contributed by atoms with Gasteiger partial charge in [-0.25, -0.2) is 4.79 Å². The Labute approximate surface area is 138 Å². The molecule has 3 saturated heterocycles. The number of nitrogens with one attached hydrogen (secondary N) is 1. The van der Waals surface area contributed by atoms with Gasteiger partial charge in [0.1, 0.15) is 5.60 Å². The monoisotopic (exact) mass is 349 g/mol. The first-order valence-electron chi connectivity index (χ1n) is 7.92. The molecule has 3 aliphatic heterocycles. The SMILES string of the molecule is CC(C)(C)OC(=O)N1C[C@]23CNC[C@]2(C1)CN(C(=O)C(F)(F)F)C3. The lowest BCUT2D eigenvalue weighted by molar-refractivity contribution is -0.185. The molecule has 3 heterocycles. The number of carbonyl (C=O) groups excluding carboxylic acids is 2. The van der Waals surface area contributed by atoms with E-state index in [0.29, 0.717) is 26.2 Å². The second kappa shape index (κ2) is 5.00. The van der Waals surface area contributed by atoms with Crippen molar-refractivity contribution in [2.24, 2.45) is 10.8 Å². The van der Waals surface area contributed by atoms with Crippen LogP contribution in [-0.4, -0.2) is 72.8 Å². The van der Waals surface area contributed by atoms with Crippen molar-refractivity contribution < 1.29 is 27.5 Å². The standard InChI is InChI=1S/C15H22F3N3O3/c1-12(2,3)24-11(23)21-8-13-4-19-5-14(13,9-21)7-20(6-13)10(22)15(16,17)18/h19H,4-9H2,1-3H3/t13-,14-/m1/s1. The third kappa shape index (κ3) is 2.62. The van der Waals surface area contributed by atoms with Crippen molar-refractivity contribution in [2.75, 3.05) is 39.3 Å². The Balaban J connectivity index is 1.77. The van der Waals surface area contributed by atoms with Gasteiger partial charge in [-0.3, -0.25) is 4.79 Å². The second-order valence-corrected chi connectivity index (χ2v) is 8.16. The van der Waals surface area contributed by atoms with Crippen molar-refractivity contribution in [3.05, 3.63) is 0 Å². The molecule has 3 fully saturated rings. The number of ether oxygens (including phenoxy) is 1. The summed E-state index contributed by atoms with van der Waals surface area (Å²) in [4.78, 5) is 26.4. The molecule has 0 spiro atoms. The van der Waals surface area contributed by atoms with Crippen LogP contribution in [0.5, 0.6) is 0 Å². The second-order valence-electron chi connectivity index (χ2n) is 8.16. The largest absolute Gasteiger partial charge is 0.471 e. The number of carbonyl (C=O) groups is 2. The van der Waals surface area contributed by atoms with Crippen molar-refractivity contribution in [1.29, 1.82) is 0 Å². The lowest BCUT2D eigenvalue weighted by atomic mass is 9.71. The topological polar surface area (TPSA) is 61.9 Å². The van der Waals surface area contributed by atoms with E-state index in [-0.39, 0.29) is 13.1 Å². The highest BCUT2D eigenvalue weighted by Gasteiger charge is 2.68. The first-order chi connectivity index (χ1) is 10.9. The van der Waals surface area contributed by atoms with E-state index in [1.165, 1.54) is 0 Å². The minimum atomic E-state index is -4.86. The number of nitrogens with zero attached hydrogens (tertiary/aromatic N) is 2. The van der Waals surface area contributed by atoms with Crippen LogP contribution >= 0.6 is 0 Å². The quantitative estimate of drug-likeness (QED) is 0.714. The average molecular weight is 349 g/mol. The smallest absolute Gasteiger partial charge is 0.444 e. The molecule has 0 aromatic heterocycles. The zero-order valence-corrected chi connectivity index (χ0v) is 14.0. The van der Waals surface area contributed by atoms with E-state index in [0.717, 1.165) is 4.90 Å². The van der Waals surface area contributed by atoms with Crippen LogP contribution < -0.4 is 5.32 Å². The summed E-state index contributed by atoms with van der Waals surface area (Å²) in [6.07, 6.45) is -5.32. The van der Waals surface area contributed by atoms with Gasteiger partial charge in [-0.15, -0.1) is 0 Å². The van der Waals surface area contributed by atoms with Gasteiger partial charge in [0, 0.05) is 50.1 Å². The highest BCUT2D eigenvalue weighted by molar-refractivity contribution is 5.82. The minimum absolute atomic E-state index is 0.0115. The Bertz CT molecular complexity index is 553. The van der Waals surface area contributed by atoms with Crippen LogP contribution in [0.3, 0.4) is 0 Å². The van der Waals surface area contributed by atoms with E-state index in [9.17, 15) is 22.8 Å². The van der Waals surface area contributed by atoms with Gasteiger partial charge in [0.15, 0.2) is 0 Å². The van der Waals surface area contributed by atoms with Crippen LogP contribution in [0.15, 0.2) is 0 Å². The first kappa shape index (κ1) is 17.3. The van der Waals surface area contributed by atoms with Gasteiger partial charge in [-0.1, -0.05) is 0 Å². The molecule has 9 heteroatoms. The number of alkyl halides is 3. The Kier molecular flexibility index (Phi) is 3.61. The third-order valence-electron chi connectivity index (χ3n) is 5.21. The van der Waals surface area contributed by atoms with Gasteiger partial charge in [-0.2, -0.15) is 13.2 Å². The highest BCUT2D eigenvalue weighted by atomic mass is 19.4. The lowest BCUT2D eigenvalue weighted by Crippen LogP contribution is -2.47. The normalized spacial score (nSPS) is 32.8. The number of halogens is 3. The summed E-state index contributed by atoms with van der Waals surface area (Å²) in [6.45, 7) is 6.92. The van der Waals surface area contributed by atoms with Crippen LogP contribution in [0, 0.1) is 10.8 Å². The van der Waals surface area contributed by atoms with Crippen LogP contribution in [0.2, 0.25) is 0 Å². The molecule has 24 heavy (non-hydrogen) atoms. The van der Waals surface area contributed by atoms with Gasteiger partial charge >= 0.3 is 18.2 Å². The van der Waals surface area contributed by atoms with Crippen molar-refractivity contribution in [3.63, 3.8) is 0 Å². The van der Waals surface area contributed by atoms with E-state index >= 15 is 0 Å².